The van der Waals surface area contributed by atoms with Gasteiger partial charge in [-0.2, -0.15) is 13.2 Å². The van der Waals surface area contributed by atoms with Crippen LogP contribution in [0.1, 0.15) is 37.5 Å². The lowest BCUT2D eigenvalue weighted by molar-refractivity contribution is -0.137. The molecule has 1 aliphatic heterocycles. The van der Waals surface area contributed by atoms with E-state index in [1.54, 1.807) is 12.3 Å². The Bertz CT molecular complexity index is 1030. The largest absolute Gasteiger partial charge is 0.416 e. The van der Waals surface area contributed by atoms with Gasteiger partial charge in [-0.15, -0.1) is 23.7 Å². The zero-order valence-corrected chi connectivity index (χ0v) is 17.4. The molecule has 0 fully saturated rings. The topological polar surface area (TPSA) is 54.0 Å². The van der Waals surface area contributed by atoms with Crippen molar-refractivity contribution in [3.63, 3.8) is 0 Å². The molecule has 2 heterocycles. The summed E-state index contributed by atoms with van der Waals surface area (Å²) < 4.78 is 38.0. The number of hydrogen-bond donors (Lipinski definition) is 2. The molecule has 4 nitrogen and oxygen atoms in total. The van der Waals surface area contributed by atoms with Gasteiger partial charge in [0.25, 0.3) is 5.91 Å². The molecule has 2 aromatic carbocycles. The molecule has 1 aromatic heterocycles. The summed E-state index contributed by atoms with van der Waals surface area (Å²) >= 11 is 1.31. The third kappa shape index (κ3) is 5.19. The highest BCUT2D eigenvalue weighted by Gasteiger charge is 2.29. The maximum atomic E-state index is 12.7. The summed E-state index contributed by atoms with van der Waals surface area (Å²) in [7, 11) is 0. The second kappa shape index (κ2) is 9.16. The van der Waals surface area contributed by atoms with Crippen LogP contribution in [0.4, 0.5) is 18.3 Å². The number of anilines is 1. The number of hydrogen-bond acceptors (Lipinski definition) is 4. The van der Waals surface area contributed by atoms with Crippen molar-refractivity contribution in [1.29, 1.82) is 0 Å². The Morgan fingerprint density at radius 3 is 2.63 bits per heavy atom. The van der Waals surface area contributed by atoms with Crippen LogP contribution in [0, 0.1) is 0 Å². The number of nitrogens with zero attached hydrogens (tertiary/aromatic N) is 1. The fourth-order valence-corrected chi connectivity index (χ4v) is 4.09. The summed E-state index contributed by atoms with van der Waals surface area (Å²) in [5.41, 5.74) is 3.06. The van der Waals surface area contributed by atoms with Crippen molar-refractivity contribution in [3.05, 3.63) is 81.4 Å². The second-order valence-corrected chi connectivity index (χ2v) is 7.98. The number of carbonyl (C=O) groups excluding carboxylic acids is 1. The normalized spacial score (nSPS) is 13.3. The van der Waals surface area contributed by atoms with Crippen molar-refractivity contribution in [3.8, 4) is 0 Å². The number of amides is 1. The standard InChI is InChI=1S/C21H18F3N3OS.ClH/c22-21(23,24)17-5-1-13(2-6-17)9-18-12-26-20(29-18)27-19(28)15-3-4-16-11-25-8-7-14(16)10-15;/h1-6,10,12,25H,7-9,11H2,(H,26,27,28);1H. The molecular formula is C21H19ClF3N3OS. The van der Waals surface area contributed by atoms with Gasteiger partial charge < -0.3 is 5.32 Å². The predicted molar refractivity (Wildman–Crippen MR) is 113 cm³/mol. The summed E-state index contributed by atoms with van der Waals surface area (Å²) in [6.07, 6.45) is -1.35. The van der Waals surface area contributed by atoms with Gasteiger partial charge in [0.2, 0.25) is 0 Å². The molecule has 0 saturated heterocycles. The van der Waals surface area contributed by atoms with E-state index in [1.807, 2.05) is 12.1 Å². The molecule has 2 N–H and O–H groups in total. The van der Waals surface area contributed by atoms with Crippen molar-refractivity contribution in [2.45, 2.75) is 25.6 Å². The predicted octanol–water partition coefficient (Wildman–Crippen LogP) is 5.07. The molecule has 30 heavy (non-hydrogen) atoms. The lowest BCUT2D eigenvalue weighted by Gasteiger charge is -2.17. The van der Waals surface area contributed by atoms with Crippen LogP contribution in [-0.2, 0) is 25.6 Å². The first-order valence-electron chi connectivity index (χ1n) is 9.13. The van der Waals surface area contributed by atoms with Gasteiger partial charge in [0.1, 0.15) is 0 Å². The number of benzene rings is 2. The van der Waals surface area contributed by atoms with E-state index in [9.17, 15) is 18.0 Å². The van der Waals surface area contributed by atoms with Gasteiger partial charge in [-0.25, -0.2) is 4.98 Å². The molecular weight excluding hydrogens is 435 g/mol. The van der Waals surface area contributed by atoms with Gasteiger partial charge >= 0.3 is 6.18 Å². The van der Waals surface area contributed by atoms with Crippen molar-refractivity contribution in [1.82, 2.24) is 10.3 Å². The van der Waals surface area contributed by atoms with E-state index in [1.165, 1.54) is 34.6 Å². The van der Waals surface area contributed by atoms with Crippen LogP contribution in [0.3, 0.4) is 0 Å². The highest BCUT2D eigenvalue weighted by molar-refractivity contribution is 7.15. The molecule has 0 bridgehead atoms. The van der Waals surface area contributed by atoms with E-state index in [-0.39, 0.29) is 18.3 Å². The maximum Gasteiger partial charge on any atom is 0.416 e. The molecule has 158 valence electrons. The summed E-state index contributed by atoms with van der Waals surface area (Å²) in [6, 6.07) is 10.8. The number of thiazole rings is 1. The zero-order valence-electron chi connectivity index (χ0n) is 15.8. The van der Waals surface area contributed by atoms with Crippen molar-refractivity contribution in [2.75, 3.05) is 11.9 Å². The van der Waals surface area contributed by atoms with Crippen LogP contribution in [0.5, 0.6) is 0 Å². The molecule has 0 aliphatic carbocycles. The molecule has 0 unspecified atom stereocenters. The Labute approximate surface area is 182 Å². The minimum atomic E-state index is -4.34. The number of alkyl halides is 3. The monoisotopic (exact) mass is 453 g/mol. The van der Waals surface area contributed by atoms with Gasteiger partial charge in [0.15, 0.2) is 5.13 Å². The zero-order chi connectivity index (χ0) is 20.4. The van der Waals surface area contributed by atoms with Crippen LogP contribution in [-0.4, -0.2) is 17.4 Å². The molecule has 4 rings (SSSR count). The van der Waals surface area contributed by atoms with Crippen LogP contribution in [0.15, 0.2) is 48.7 Å². The molecule has 1 aliphatic rings. The third-order valence-electron chi connectivity index (χ3n) is 4.79. The second-order valence-electron chi connectivity index (χ2n) is 6.87. The lowest BCUT2D eigenvalue weighted by Crippen LogP contribution is -2.24. The van der Waals surface area contributed by atoms with Crippen molar-refractivity contribution in [2.24, 2.45) is 0 Å². The number of carbonyl (C=O) groups is 1. The Kier molecular flexibility index (Phi) is 6.80. The first kappa shape index (κ1) is 22.3. The average Bonchev–Trinajstić information content (AvgIpc) is 3.14. The van der Waals surface area contributed by atoms with E-state index < -0.39 is 11.7 Å². The summed E-state index contributed by atoms with van der Waals surface area (Å²) in [6.45, 7) is 1.72. The quantitative estimate of drug-likeness (QED) is 0.579. The molecule has 0 atom stereocenters. The Morgan fingerprint density at radius 1 is 1.13 bits per heavy atom. The Morgan fingerprint density at radius 2 is 1.90 bits per heavy atom. The molecule has 3 aromatic rings. The van der Waals surface area contributed by atoms with Crippen molar-refractivity contribution < 1.29 is 18.0 Å². The van der Waals surface area contributed by atoms with Crippen LogP contribution in [0.25, 0.3) is 0 Å². The molecule has 1 amide bonds. The van der Waals surface area contributed by atoms with Crippen LogP contribution in [0.2, 0.25) is 0 Å². The third-order valence-corrected chi connectivity index (χ3v) is 5.70. The Hall–Kier alpha value is -2.42. The minimum Gasteiger partial charge on any atom is -0.312 e. The van der Waals surface area contributed by atoms with Crippen molar-refractivity contribution >= 4 is 34.8 Å². The summed E-state index contributed by atoms with van der Waals surface area (Å²) in [5, 5.41) is 6.57. The fourth-order valence-electron chi connectivity index (χ4n) is 3.25. The number of aromatic nitrogens is 1. The van der Waals surface area contributed by atoms with Gasteiger partial charge in [-0.1, -0.05) is 18.2 Å². The number of nitrogens with one attached hydrogen (secondary N) is 2. The highest BCUT2D eigenvalue weighted by atomic mass is 35.5. The summed E-state index contributed by atoms with van der Waals surface area (Å²) in [5.74, 6) is -0.221. The fraction of sp³-hybridized carbons (Fsp3) is 0.238. The molecule has 0 spiro atoms. The minimum absolute atomic E-state index is 0. The number of halogens is 4. The first-order valence-corrected chi connectivity index (χ1v) is 9.95. The SMILES string of the molecule is Cl.O=C(Nc1ncc(Cc2ccc(C(F)(F)F)cc2)s1)c1ccc2c(c1)CCNC2. The number of rotatable bonds is 4. The van der Waals surface area contributed by atoms with E-state index in [2.05, 4.69) is 15.6 Å². The van der Waals surface area contributed by atoms with Gasteiger partial charge in [0, 0.05) is 29.6 Å². The maximum absolute atomic E-state index is 12.7. The average molecular weight is 454 g/mol. The van der Waals surface area contributed by atoms with Crippen LogP contribution >= 0.6 is 23.7 Å². The highest BCUT2D eigenvalue weighted by Crippen LogP contribution is 2.30. The van der Waals surface area contributed by atoms with E-state index in [4.69, 9.17) is 0 Å². The lowest BCUT2D eigenvalue weighted by atomic mass is 9.98. The van der Waals surface area contributed by atoms with Gasteiger partial charge in [-0.3, -0.25) is 10.1 Å². The molecule has 0 saturated carbocycles. The smallest absolute Gasteiger partial charge is 0.312 e. The van der Waals surface area contributed by atoms with Gasteiger partial charge in [0.05, 0.1) is 5.56 Å². The van der Waals surface area contributed by atoms with E-state index in [0.717, 1.165) is 42.1 Å². The van der Waals surface area contributed by atoms with Crippen LogP contribution < -0.4 is 10.6 Å². The van der Waals surface area contributed by atoms with E-state index in [0.29, 0.717) is 17.1 Å². The Balaban J connectivity index is 0.00000256. The molecule has 9 heteroatoms. The summed E-state index contributed by atoms with van der Waals surface area (Å²) in [4.78, 5) is 17.6. The number of fused-ring (bicyclic) bond motifs is 1. The molecule has 0 radical (unpaired) electrons. The first-order chi connectivity index (χ1) is 13.9. The van der Waals surface area contributed by atoms with Gasteiger partial charge in [-0.05, 0) is 53.9 Å². The van der Waals surface area contributed by atoms with E-state index >= 15 is 0 Å².